The van der Waals surface area contributed by atoms with Crippen molar-refractivity contribution in [1.29, 1.82) is 0 Å². The van der Waals surface area contributed by atoms with Gasteiger partial charge in [0.2, 0.25) is 5.91 Å². The summed E-state index contributed by atoms with van der Waals surface area (Å²) in [5.41, 5.74) is 1.27. The number of amides is 2. The summed E-state index contributed by atoms with van der Waals surface area (Å²) in [6.07, 6.45) is 4.64. The maximum Gasteiger partial charge on any atom is 0.253 e. The fraction of sp³-hybridized carbons (Fsp3) is 0.320. The molecule has 0 spiro atoms. The number of hydrogen-bond acceptors (Lipinski definition) is 4. The molecule has 2 aromatic carbocycles. The van der Waals surface area contributed by atoms with E-state index in [2.05, 4.69) is 10.3 Å². The largest absolute Gasteiger partial charge is 0.496 e. The number of carbonyl (C=O) groups excluding carboxylic acids is 2. The normalized spacial score (nSPS) is 15.2. The third-order valence-electron chi connectivity index (χ3n) is 6.10. The maximum atomic E-state index is 13.2. The molecule has 1 aliphatic heterocycles. The second kappa shape index (κ2) is 9.85. The summed E-state index contributed by atoms with van der Waals surface area (Å²) in [7, 11) is 3.49. The molecule has 0 aliphatic carbocycles. The van der Waals surface area contributed by atoms with Gasteiger partial charge in [0.15, 0.2) is 0 Å². The standard InChI is InChI=1S/C25H27FN4O3/c1-29-16-13-27-23(29)22(20-5-3-4-6-21(20)33-2)28-24(31)17-11-14-30(15-12-17)25(32)18-7-9-19(26)10-8-18/h3-10,13,16-17,22H,11-12,14-15H2,1-2H3,(H,28,31)/t22-/m0/s1. The summed E-state index contributed by atoms with van der Waals surface area (Å²) >= 11 is 0. The molecule has 0 saturated carbocycles. The lowest BCUT2D eigenvalue weighted by molar-refractivity contribution is -0.126. The van der Waals surface area contributed by atoms with Crippen LogP contribution in [0.15, 0.2) is 60.9 Å². The van der Waals surface area contributed by atoms with Crippen LogP contribution in [0.25, 0.3) is 0 Å². The number of aromatic nitrogens is 2. The van der Waals surface area contributed by atoms with E-state index < -0.39 is 6.04 Å². The van der Waals surface area contributed by atoms with Crippen LogP contribution < -0.4 is 10.1 Å². The van der Waals surface area contributed by atoms with Crippen LogP contribution in [0.3, 0.4) is 0 Å². The van der Waals surface area contributed by atoms with Gasteiger partial charge in [-0.05, 0) is 43.2 Å². The van der Waals surface area contributed by atoms with Crippen molar-refractivity contribution in [3.05, 3.63) is 83.7 Å². The van der Waals surface area contributed by atoms with Crippen molar-refractivity contribution in [2.45, 2.75) is 18.9 Å². The molecule has 0 unspecified atom stereocenters. The van der Waals surface area contributed by atoms with Gasteiger partial charge >= 0.3 is 0 Å². The number of ether oxygens (including phenoxy) is 1. The first-order valence-corrected chi connectivity index (χ1v) is 10.9. The number of aryl methyl sites for hydroxylation is 1. The van der Waals surface area contributed by atoms with Crippen LogP contribution in [0.4, 0.5) is 4.39 Å². The van der Waals surface area contributed by atoms with E-state index in [0.29, 0.717) is 43.1 Å². The number of likely N-dealkylation sites (tertiary alicyclic amines) is 1. The van der Waals surface area contributed by atoms with Gasteiger partial charge in [-0.15, -0.1) is 0 Å². The minimum Gasteiger partial charge on any atom is -0.496 e. The van der Waals surface area contributed by atoms with Crippen molar-refractivity contribution in [1.82, 2.24) is 19.8 Å². The fourth-order valence-corrected chi connectivity index (χ4v) is 4.22. The molecule has 1 fully saturated rings. The Labute approximate surface area is 192 Å². The van der Waals surface area contributed by atoms with Crippen LogP contribution in [0, 0.1) is 11.7 Å². The molecule has 33 heavy (non-hydrogen) atoms. The number of carbonyl (C=O) groups is 2. The molecule has 1 saturated heterocycles. The molecule has 7 nitrogen and oxygen atoms in total. The number of piperidine rings is 1. The lowest BCUT2D eigenvalue weighted by Gasteiger charge is -2.32. The fourth-order valence-electron chi connectivity index (χ4n) is 4.22. The molecule has 3 aromatic rings. The molecule has 172 valence electrons. The first-order chi connectivity index (χ1) is 16.0. The molecular weight excluding hydrogens is 423 g/mol. The molecular formula is C25H27FN4O3. The van der Waals surface area contributed by atoms with Gasteiger partial charge in [0.05, 0.1) is 7.11 Å². The lowest BCUT2D eigenvalue weighted by Crippen LogP contribution is -2.44. The summed E-state index contributed by atoms with van der Waals surface area (Å²) in [5, 5.41) is 3.16. The molecule has 1 atom stereocenters. The molecule has 2 heterocycles. The number of nitrogens with zero attached hydrogens (tertiary/aromatic N) is 3. The highest BCUT2D eigenvalue weighted by Gasteiger charge is 2.31. The minimum absolute atomic E-state index is 0.0808. The van der Waals surface area contributed by atoms with Crippen molar-refractivity contribution in [3.8, 4) is 5.75 Å². The maximum absolute atomic E-state index is 13.2. The zero-order chi connectivity index (χ0) is 23.4. The van der Waals surface area contributed by atoms with Crippen molar-refractivity contribution >= 4 is 11.8 Å². The second-order valence-corrected chi connectivity index (χ2v) is 8.15. The molecule has 1 aliphatic rings. The van der Waals surface area contributed by atoms with Crippen LogP contribution in [0.2, 0.25) is 0 Å². The molecule has 0 radical (unpaired) electrons. The SMILES string of the molecule is COc1ccccc1[C@H](NC(=O)C1CCN(C(=O)c2ccc(F)cc2)CC1)c1nccn1C. The Kier molecular flexibility index (Phi) is 6.72. The summed E-state index contributed by atoms with van der Waals surface area (Å²) in [5.74, 6) is 0.554. The van der Waals surface area contributed by atoms with E-state index in [9.17, 15) is 14.0 Å². The summed E-state index contributed by atoms with van der Waals surface area (Å²) in [4.78, 5) is 32.1. The predicted molar refractivity (Wildman–Crippen MR) is 121 cm³/mol. The summed E-state index contributed by atoms with van der Waals surface area (Å²) < 4.78 is 20.6. The third-order valence-corrected chi connectivity index (χ3v) is 6.10. The molecule has 4 rings (SSSR count). The number of halogens is 1. The van der Waals surface area contributed by atoms with E-state index in [1.165, 1.54) is 24.3 Å². The van der Waals surface area contributed by atoms with Crippen molar-refractivity contribution < 1.29 is 18.7 Å². The topological polar surface area (TPSA) is 76.5 Å². The predicted octanol–water partition coefficient (Wildman–Crippen LogP) is 3.33. The van der Waals surface area contributed by atoms with Crippen LogP contribution >= 0.6 is 0 Å². The van der Waals surface area contributed by atoms with Crippen molar-refractivity contribution in [2.24, 2.45) is 13.0 Å². The summed E-state index contributed by atoms with van der Waals surface area (Å²) in [6, 6.07) is 12.6. The Morgan fingerprint density at radius 2 is 1.82 bits per heavy atom. The van der Waals surface area contributed by atoms with E-state index in [4.69, 9.17) is 4.74 Å². The minimum atomic E-state index is -0.465. The van der Waals surface area contributed by atoms with Crippen molar-refractivity contribution in [3.63, 3.8) is 0 Å². The van der Waals surface area contributed by atoms with E-state index in [1.54, 1.807) is 18.2 Å². The van der Waals surface area contributed by atoms with Gasteiger partial charge < -0.3 is 19.5 Å². The smallest absolute Gasteiger partial charge is 0.253 e. The van der Waals surface area contributed by atoms with Gasteiger partial charge in [0.25, 0.3) is 5.91 Å². The van der Waals surface area contributed by atoms with E-state index >= 15 is 0 Å². The Morgan fingerprint density at radius 3 is 2.45 bits per heavy atom. The van der Waals surface area contributed by atoms with E-state index in [1.807, 2.05) is 42.1 Å². The quantitative estimate of drug-likeness (QED) is 0.625. The van der Waals surface area contributed by atoms with Gasteiger partial charge in [0, 0.05) is 49.6 Å². The molecule has 2 amide bonds. The Bertz CT molecular complexity index is 1120. The monoisotopic (exact) mass is 450 g/mol. The molecule has 1 aromatic heterocycles. The zero-order valence-electron chi connectivity index (χ0n) is 18.7. The van der Waals surface area contributed by atoms with Crippen LogP contribution in [-0.2, 0) is 11.8 Å². The number of nitrogens with one attached hydrogen (secondary N) is 1. The Hall–Kier alpha value is -3.68. The number of hydrogen-bond donors (Lipinski definition) is 1. The molecule has 0 bridgehead atoms. The van der Waals surface area contributed by atoms with Crippen LogP contribution in [0.5, 0.6) is 5.75 Å². The highest BCUT2D eigenvalue weighted by atomic mass is 19.1. The number of imidazole rings is 1. The number of benzene rings is 2. The van der Waals surface area contributed by atoms with Gasteiger partial charge in [-0.25, -0.2) is 9.37 Å². The first-order valence-electron chi connectivity index (χ1n) is 10.9. The number of rotatable bonds is 6. The lowest BCUT2D eigenvalue weighted by atomic mass is 9.94. The highest BCUT2D eigenvalue weighted by Crippen LogP contribution is 2.30. The number of para-hydroxylation sites is 1. The first kappa shape index (κ1) is 22.5. The zero-order valence-corrected chi connectivity index (χ0v) is 18.7. The van der Waals surface area contributed by atoms with Crippen LogP contribution in [0.1, 0.15) is 40.6 Å². The Morgan fingerprint density at radius 1 is 1.12 bits per heavy atom. The third kappa shape index (κ3) is 4.89. The highest BCUT2D eigenvalue weighted by molar-refractivity contribution is 5.94. The van der Waals surface area contributed by atoms with Gasteiger partial charge in [0.1, 0.15) is 23.4 Å². The average Bonchev–Trinajstić information content (AvgIpc) is 3.28. The van der Waals surface area contributed by atoms with Crippen molar-refractivity contribution in [2.75, 3.05) is 20.2 Å². The average molecular weight is 451 g/mol. The van der Waals surface area contributed by atoms with E-state index in [-0.39, 0.29) is 23.5 Å². The van der Waals surface area contributed by atoms with Gasteiger partial charge in [-0.2, -0.15) is 0 Å². The van der Waals surface area contributed by atoms with Gasteiger partial charge in [-0.3, -0.25) is 9.59 Å². The van der Waals surface area contributed by atoms with Gasteiger partial charge in [-0.1, -0.05) is 18.2 Å². The molecule has 8 heteroatoms. The second-order valence-electron chi connectivity index (χ2n) is 8.15. The molecule has 1 N–H and O–H groups in total. The summed E-state index contributed by atoms with van der Waals surface area (Å²) in [6.45, 7) is 0.937. The van der Waals surface area contributed by atoms with Crippen LogP contribution in [-0.4, -0.2) is 46.5 Å². The Balaban J connectivity index is 1.45. The van der Waals surface area contributed by atoms with E-state index in [0.717, 1.165) is 5.56 Å². The number of methoxy groups -OCH3 is 1.